The molecule has 0 saturated heterocycles. The summed E-state index contributed by atoms with van der Waals surface area (Å²) in [7, 11) is -13.8. The van der Waals surface area contributed by atoms with Gasteiger partial charge in [-0.3, -0.25) is 9.35 Å². The van der Waals surface area contributed by atoms with Crippen molar-refractivity contribution in [2.24, 2.45) is 0 Å². The summed E-state index contributed by atoms with van der Waals surface area (Å²) in [6, 6.07) is 3.75. The second-order valence-corrected chi connectivity index (χ2v) is 22.5. The molecule has 6 heterocycles. The number of aliphatic carboxylic acids is 1. The highest BCUT2D eigenvalue weighted by Gasteiger charge is 2.44. The first-order valence-electron chi connectivity index (χ1n) is 21.0. The summed E-state index contributed by atoms with van der Waals surface area (Å²) < 4.78 is 122. The fourth-order valence-electron chi connectivity index (χ4n) is 10.3. The monoisotopic (exact) mass is 912 g/mol. The van der Waals surface area contributed by atoms with E-state index in [4.69, 9.17) is 4.74 Å². The van der Waals surface area contributed by atoms with Crippen LogP contribution in [0.2, 0.25) is 0 Å². The van der Waals surface area contributed by atoms with E-state index in [0.717, 1.165) is 35.0 Å². The number of ether oxygens (including phenoxy) is 1. The third kappa shape index (κ3) is 8.51. The highest BCUT2D eigenvalue weighted by Crippen LogP contribution is 2.52. The first kappa shape index (κ1) is 44.2. The molecule has 0 unspecified atom stereocenters. The normalized spacial score (nSPS) is 18.5. The van der Waals surface area contributed by atoms with E-state index in [1.165, 1.54) is 0 Å². The van der Waals surface area contributed by atoms with Crippen LogP contribution in [0.3, 0.4) is 0 Å². The SMILES string of the molecule is CC1(C)C=C(CS(=O)(=O)[O-])c2cc3c(c4c2N1CCC4)Oc1c2c4c(cc1=C3c1n(CCCCCC(=O)O)cc[n+]1CCCS(=O)(=O)[O-])C(CS(=O)(=O)O)=CC(C)(C)[N+]=4CCC2. The molecule has 8 rings (SSSR count). The minimum atomic E-state index is -4.74. The zero-order valence-electron chi connectivity index (χ0n) is 35.3. The lowest BCUT2D eigenvalue weighted by Gasteiger charge is -2.47. The Kier molecular flexibility index (Phi) is 11.2. The summed E-state index contributed by atoms with van der Waals surface area (Å²) in [4.78, 5) is 13.5. The van der Waals surface area contributed by atoms with Gasteiger partial charge in [0, 0.05) is 60.9 Å². The molecule has 0 amide bonds. The molecule has 1 aromatic heterocycles. The summed E-state index contributed by atoms with van der Waals surface area (Å²) in [6.45, 7) is 9.85. The van der Waals surface area contributed by atoms with Crippen molar-refractivity contribution in [1.29, 1.82) is 0 Å². The quantitative estimate of drug-likeness (QED) is 0.0995. The Balaban J connectivity index is 1.49. The Morgan fingerprint density at radius 1 is 0.855 bits per heavy atom. The summed E-state index contributed by atoms with van der Waals surface area (Å²) >= 11 is 0. The van der Waals surface area contributed by atoms with E-state index in [-0.39, 0.29) is 19.4 Å². The molecule has 0 aliphatic carbocycles. The van der Waals surface area contributed by atoms with E-state index in [0.29, 0.717) is 108 Å². The van der Waals surface area contributed by atoms with Crippen LogP contribution in [-0.4, -0.2) is 96.0 Å². The summed E-state index contributed by atoms with van der Waals surface area (Å²) in [5.74, 6) is -1.17. The third-order valence-corrected chi connectivity index (χ3v) is 14.8. The van der Waals surface area contributed by atoms with Gasteiger partial charge in [-0.15, -0.1) is 0 Å². The van der Waals surface area contributed by atoms with Crippen molar-refractivity contribution in [3.8, 4) is 11.5 Å². The Bertz CT molecular complexity index is 2960. The van der Waals surface area contributed by atoms with Gasteiger partial charge in [-0.25, -0.2) is 30.5 Å². The Morgan fingerprint density at radius 3 is 2.27 bits per heavy atom. The van der Waals surface area contributed by atoms with Gasteiger partial charge in [-0.2, -0.15) is 8.42 Å². The van der Waals surface area contributed by atoms with E-state index in [2.05, 4.69) is 9.48 Å². The van der Waals surface area contributed by atoms with E-state index in [9.17, 15) is 48.8 Å². The van der Waals surface area contributed by atoms with Crippen molar-refractivity contribution in [2.75, 3.05) is 35.2 Å². The first-order valence-corrected chi connectivity index (χ1v) is 25.8. The van der Waals surface area contributed by atoms with Gasteiger partial charge in [-0.05, 0) is 88.1 Å². The molecular formula is C43H52N4O12S3. The maximum absolute atomic E-state index is 12.6. The van der Waals surface area contributed by atoms with Gasteiger partial charge in [0.05, 0.1) is 67.0 Å². The van der Waals surface area contributed by atoms with E-state index < -0.39 is 64.7 Å². The number of fused-ring (bicyclic) bond motifs is 4. The molecule has 0 spiro atoms. The zero-order valence-corrected chi connectivity index (χ0v) is 37.7. The molecule has 3 aromatic rings. The lowest BCUT2D eigenvalue weighted by atomic mass is 9.80. The standard InChI is InChI=1S/C43H52N4O12S3/c1-42(2)23-27(25-61(53,54)55)31-21-33-36(41-44(14-7-5-6-13-35(48)49)18-19-45(41)15-10-20-60(50,51)52)34-22-32-28(26-62(56,57)58)24-43(3,4)47-17-9-12-30(38(32)47)40(34)59-39(33)29-11-8-16-46(42)37(29)31/h18-19,21-24H,5-17,20,25-26H2,1-4H3,(H2-2,48,49,50,51,52,53,54,55,56,57,58). The van der Waals surface area contributed by atoms with Crippen LogP contribution in [0.15, 0.2) is 36.7 Å². The van der Waals surface area contributed by atoms with Crippen LogP contribution in [0.1, 0.15) is 106 Å². The largest absolute Gasteiger partial charge is 0.748 e. The molecule has 5 aliphatic heterocycles. The van der Waals surface area contributed by atoms with Crippen LogP contribution in [-0.2, 0) is 61.1 Å². The number of aryl methyl sites for hydroxylation is 2. The van der Waals surface area contributed by atoms with Gasteiger partial charge < -0.3 is 23.8 Å². The summed E-state index contributed by atoms with van der Waals surface area (Å²) in [5.41, 5.74) is 4.34. The maximum Gasteiger partial charge on any atom is 0.303 e. The molecule has 0 bridgehead atoms. The average Bonchev–Trinajstić information content (AvgIpc) is 3.54. The summed E-state index contributed by atoms with van der Waals surface area (Å²) in [5, 5.41) is 10.7. The molecule has 0 radical (unpaired) electrons. The van der Waals surface area contributed by atoms with Gasteiger partial charge in [0.15, 0.2) is 5.54 Å². The minimum Gasteiger partial charge on any atom is -0.748 e. The van der Waals surface area contributed by atoms with E-state index in [1.807, 2.05) is 67.3 Å². The lowest BCUT2D eigenvalue weighted by molar-refractivity contribution is -0.698. The number of rotatable bonds is 15. The number of carboxylic acid groups (broad SMARTS) is 1. The smallest absolute Gasteiger partial charge is 0.303 e. The second-order valence-electron chi connectivity index (χ2n) is 18.1. The maximum atomic E-state index is 12.6. The number of imidazole rings is 1. The molecule has 334 valence electrons. The molecule has 0 fully saturated rings. The number of benzene rings is 2. The number of unbranched alkanes of at least 4 members (excludes halogenated alkanes) is 2. The Labute approximate surface area is 361 Å². The van der Waals surface area contributed by atoms with Crippen LogP contribution < -0.4 is 29.4 Å². The number of carbonyl (C=O) groups is 1. The highest BCUT2D eigenvalue weighted by molar-refractivity contribution is 7.86. The van der Waals surface area contributed by atoms with Crippen molar-refractivity contribution < 1.29 is 58.1 Å². The number of hydrogen-bond acceptors (Lipinski definition) is 11. The Hall–Kier alpha value is -4.40. The van der Waals surface area contributed by atoms with E-state index >= 15 is 0 Å². The van der Waals surface area contributed by atoms with Crippen LogP contribution >= 0.6 is 0 Å². The minimum absolute atomic E-state index is 0.00936. The fourth-order valence-corrected chi connectivity index (χ4v) is 12.1. The molecule has 2 N–H and O–H groups in total. The highest BCUT2D eigenvalue weighted by atomic mass is 32.2. The summed E-state index contributed by atoms with van der Waals surface area (Å²) in [6.07, 6.45) is 11.6. The number of carboxylic acids is 1. The molecule has 0 saturated carbocycles. The number of aromatic nitrogens is 2. The van der Waals surface area contributed by atoms with Crippen molar-refractivity contribution >= 4 is 58.7 Å². The van der Waals surface area contributed by atoms with Crippen molar-refractivity contribution in [3.05, 3.63) is 80.9 Å². The van der Waals surface area contributed by atoms with Crippen LogP contribution in [0.25, 0.3) is 16.7 Å². The Morgan fingerprint density at radius 2 is 1.58 bits per heavy atom. The van der Waals surface area contributed by atoms with Crippen molar-refractivity contribution in [1.82, 2.24) is 9.14 Å². The van der Waals surface area contributed by atoms with Crippen molar-refractivity contribution in [3.63, 3.8) is 0 Å². The molecule has 19 heteroatoms. The first-order chi connectivity index (χ1) is 28.9. The van der Waals surface area contributed by atoms with Crippen LogP contribution in [0, 0.1) is 0 Å². The van der Waals surface area contributed by atoms with Crippen LogP contribution in [0.5, 0.6) is 11.5 Å². The third-order valence-electron chi connectivity index (χ3n) is 12.7. The molecule has 62 heavy (non-hydrogen) atoms. The topological polar surface area (TPSA) is 230 Å². The lowest BCUT2D eigenvalue weighted by Crippen LogP contribution is -2.54. The van der Waals surface area contributed by atoms with Gasteiger partial charge >= 0.3 is 5.97 Å². The van der Waals surface area contributed by atoms with Crippen molar-refractivity contribution in [2.45, 2.75) is 110 Å². The average molecular weight is 913 g/mol. The fraction of sp³-hybridized carbons (Fsp3) is 0.512. The van der Waals surface area contributed by atoms with Gasteiger partial charge in [0.2, 0.25) is 5.36 Å². The molecule has 16 nitrogen and oxygen atoms in total. The number of hydrogen-bond donors (Lipinski definition) is 2. The number of anilines is 1. The molecular weight excluding hydrogens is 861 g/mol. The van der Waals surface area contributed by atoms with Gasteiger partial charge in [0.1, 0.15) is 36.2 Å². The molecule has 2 aromatic carbocycles. The van der Waals surface area contributed by atoms with E-state index in [1.54, 1.807) is 6.20 Å². The second kappa shape index (κ2) is 15.7. The predicted molar refractivity (Wildman–Crippen MR) is 229 cm³/mol. The molecule has 0 atom stereocenters. The van der Waals surface area contributed by atoms with Crippen LogP contribution in [0.4, 0.5) is 5.69 Å². The molecule has 5 aliphatic rings. The zero-order chi connectivity index (χ0) is 44.7. The number of nitrogens with zero attached hydrogens (tertiary/aromatic N) is 4. The predicted octanol–water partition coefficient (Wildman–Crippen LogP) is 2.68. The van der Waals surface area contributed by atoms with Gasteiger partial charge in [0.25, 0.3) is 15.9 Å². The van der Waals surface area contributed by atoms with Gasteiger partial charge in [-0.1, -0.05) is 6.08 Å².